The highest BCUT2D eigenvalue weighted by atomic mass is 79.9. The van der Waals surface area contributed by atoms with Crippen molar-refractivity contribution in [2.75, 3.05) is 19.6 Å². The second kappa shape index (κ2) is 9.51. The first-order valence-electron chi connectivity index (χ1n) is 7.74. The molecule has 0 amide bonds. The van der Waals surface area contributed by atoms with E-state index in [1.165, 1.54) is 17.7 Å². The molecule has 0 aliphatic heterocycles. The molecule has 2 N–H and O–H groups in total. The number of hydrogen-bond acceptors (Lipinski definition) is 3. The fourth-order valence-electron chi connectivity index (χ4n) is 2.24. The molecule has 122 valence electrons. The molecule has 0 radical (unpaired) electrons. The van der Waals surface area contributed by atoms with E-state index >= 15 is 0 Å². The van der Waals surface area contributed by atoms with Crippen LogP contribution in [0.4, 0.5) is 0 Å². The van der Waals surface area contributed by atoms with Gasteiger partial charge in [-0.15, -0.1) is 11.3 Å². The zero-order valence-corrected chi connectivity index (χ0v) is 16.7. The summed E-state index contributed by atoms with van der Waals surface area (Å²) in [5.41, 5.74) is 6.08. The van der Waals surface area contributed by atoms with Crippen molar-refractivity contribution in [3.05, 3.63) is 19.8 Å². The van der Waals surface area contributed by atoms with Crippen molar-refractivity contribution < 1.29 is 0 Å². The van der Waals surface area contributed by atoms with Crippen molar-refractivity contribution in [1.82, 2.24) is 4.90 Å². The molecule has 1 unspecified atom stereocenters. The first-order valence-corrected chi connectivity index (χ1v) is 9.72. The van der Waals surface area contributed by atoms with Gasteiger partial charge in [-0.3, -0.25) is 4.90 Å². The molecule has 0 fully saturated rings. The minimum Gasteiger partial charge on any atom is -0.329 e. The molecule has 5 heteroatoms. The molecule has 0 saturated heterocycles. The van der Waals surface area contributed by atoms with Gasteiger partial charge in [0.15, 0.2) is 0 Å². The lowest BCUT2D eigenvalue weighted by molar-refractivity contribution is 0.183. The molecule has 1 aromatic heterocycles. The van der Waals surface area contributed by atoms with E-state index in [1.54, 1.807) is 11.3 Å². The van der Waals surface area contributed by atoms with Gasteiger partial charge >= 0.3 is 0 Å². The molecule has 1 aromatic rings. The van der Waals surface area contributed by atoms with E-state index in [1.807, 2.05) is 0 Å². The molecule has 0 spiro atoms. The molecule has 1 heterocycles. The Kier molecular flexibility index (Phi) is 8.80. The Labute approximate surface area is 147 Å². The highest BCUT2D eigenvalue weighted by molar-refractivity contribution is 9.10. The fourth-order valence-corrected chi connectivity index (χ4v) is 4.13. The Morgan fingerprint density at radius 3 is 2.05 bits per heavy atom. The second-order valence-electron chi connectivity index (χ2n) is 6.42. The lowest BCUT2D eigenvalue weighted by Crippen LogP contribution is -2.35. The van der Waals surface area contributed by atoms with E-state index in [9.17, 15) is 0 Å². The van der Waals surface area contributed by atoms with Gasteiger partial charge in [0, 0.05) is 15.9 Å². The summed E-state index contributed by atoms with van der Waals surface area (Å²) in [6, 6.07) is 2.40. The average Bonchev–Trinajstić information content (AvgIpc) is 2.72. The number of nitrogens with two attached hydrogens (primary N) is 1. The Hall–Kier alpha value is 0.390. The smallest absolute Gasteiger partial charge is 0.107 e. The molecule has 0 saturated carbocycles. The highest BCUT2D eigenvalue weighted by Gasteiger charge is 2.22. The van der Waals surface area contributed by atoms with Gasteiger partial charge in [-0.05, 0) is 59.8 Å². The van der Waals surface area contributed by atoms with Crippen LogP contribution in [0, 0.1) is 11.8 Å². The van der Waals surface area contributed by atoms with Crippen molar-refractivity contribution >= 4 is 38.9 Å². The minimum absolute atomic E-state index is 0.274. The van der Waals surface area contributed by atoms with Gasteiger partial charge in [-0.2, -0.15) is 0 Å². The summed E-state index contributed by atoms with van der Waals surface area (Å²) in [6.07, 6.45) is 2.41. The third-order valence-corrected chi connectivity index (χ3v) is 6.22. The molecule has 0 aliphatic rings. The highest BCUT2D eigenvalue weighted by Crippen LogP contribution is 2.37. The van der Waals surface area contributed by atoms with E-state index in [4.69, 9.17) is 17.3 Å². The molecule has 21 heavy (non-hydrogen) atoms. The first-order chi connectivity index (χ1) is 9.85. The molecule has 2 nitrogen and oxygen atoms in total. The average molecular weight is 396 g/mol. The first kappa shape index (κ1) is 19.4. The summed E-state index contributed by atoms with van der Waals surface area (Å²) >= 11 is 11.3. The Balaban J connectivity index is 2.84. The Morgan fingerprint density at radius 2 is 1.71 bits per heavy atom. The van der Waals surface area contributed by atoms with Crippen molar-refractivity contribution in [1.29, 1.82) is 0 Å². The van der Waals surface area contributed by atoms with Crippen molar-refractivity contribution in [3.8, 4) is 0 Å². The largest absolute Gasteiger partial charge is 0.329 e. The van der Waals surface area contributed by atoms with Gasteiger partial charge in [-0.1, -0.05) is 39.3 Å². The molecular formula is C16H28BrClN2S. The molecular weight excluding hydrogens is 368 g/mol. The third-order valence-electron chi connectivity index (χ3n) is 3.64. The van der Waals surface area contributed by atoms with Crippen LogP contribution in [-0.4, -0.2) is 24.5 Å². The quantitative estimate of drug-likeness (QED) is 0.593. The summed E-state index contributed by atoms with van der Waals surface area (Å²) < 4.78 is 1.80. The van der Waals surface area contributed by atoms with E-state index in [0.29, 0.717) is 18.4 Å². The van der Waals surface area contributed by atoms with Crippen LogP contribution in [0.15, 0.2) is 10.5 Å². The SMILES string of the molecule is CC(C)CCN(CCC(C)C)C(CN)c1cc(Br)c(Cl)s1. The fraction of sp³-hybridized carbons (Fsp3) is 0.750. The van der Waals surface area contributed by atoms with E-state index in [0.717, 1.165) is 21.9 Å². The van der Waals surface area contributed by atoms with Crippen LogP contribution in [0.25, 0.3) is 0 Å². The van der Waals surface area contributed by atoms with Crippen molar-refractivity contribution in [2.45, 2.75) is 46.6 Å². The van der Waals surface area contributed by atoms with Crippen LogP contribution in [0.3, 0.4) is 0 Å². The predicted octanol–water partition coefficient (Wildman–Crippen LogP) is 5.56. The van der Waals surface area contributed by atoms with Crippen molar-refractivity contribution in [2.24, 2.45) is 17.6 Å². The lowest BCUT2D eigenvalue weighted by Gasteiger charge is -2.31. The number of thiophene rings is 1. The standard InChI is InChI=1S/C16H28BrClN2S/c1-11(2)5-7-20(8-6-12(3)4)14(10-19)15-9-13(17)16(18)21-15/h9,11-12,14H,5-8,10,19H2,1-4H3. The van der Waals surface area contributed by atoms with Gasteiger partial charge < -0.3 is 5.73 Å². The zero-order chi connectivity index (χ0) is 16.0. The Morgan fingerprint density at radius 1 is 1.19 bits per heavy atom. The van der Waals surface area contributed by atoms with Crippen LogP contribution in [0.1, 0.15) is 51.5 Å². The maximum atomic E-state index is 6.20. The monoisotopic (exact) mass is 394 g/mol. The van der Waals surface area contributed by atoms with E-state index in [-0.39, 0.29) is 6.04 Å². The number of nitrogens with zero attached hydrogens (tertiary/aromatic N) is 1. The second-order valence-corrected chi connectivity index (χ2v) is 8.96. The molecule has 0 bridgehead atoms. The Bertz CT molecular complexity index is 389. The number of rotatable bonds is 9. The maximum Gasteiger partial charge on any atom is 0.107 e. The molecule has 1 rings (SSSR count). The van der Waals surface area contributed by atoms with Gasteiger partial charge in [0.1, 0.15) is 4.34 Å². The van der Waals surface area contributed by atoms with Gasteiger partial charge in [0.25, 0.3) is 0 Å². The third kappa shape index (κ3) is 6.57. The van der Waals surface area contributed by atoms with E-state index < -0.39 is 0 Å². The normalized spacial score (nSPS) is 13.6. The van der Waals surface area contributed by atoms with Crippen LogP contribution in [0.5, 0.6) is 0 Å². The van der Waals surface area contributed by atoms with Gasteiger partial charge in [0.05, 0.1) is 6.04 Å². The molecule has 0 aliphatic carbocycles. The minimum atomic E-state index is 0.274. The summed E-state index contributed by atoms with van der Waals surface area (Å²) in [4.78, 5) is 3.80. The summed E-state index contributed by atoms with van der Waals surface area (Å²) in [5, 5.41) is 0. The van der Waals surface area contributed by atoms with Gasteiger partial charge in [0.2, 0.25) is 0 Å². The van der Waals surface area contributed by atoms with Crippen LogP contribution < -0.4 is 5.73 Å². The van der Waals surface area contributed by atoms with Crippen LogP contribution >= 0.6 is 38.9 Å². The topological polar surface area (TPSA) is 29.3 Å². The van der Waals surface area contributed by atoms with Crippen molar-refractivity contribution in [3.63, 3.8) is 0 Å². The summed E-state index contributed by atoms with van der Waals surface area (Å²) in [7, 11) is 0. The lowest BCUT2D eigenvalue weighted by atomic mass is 10.1. The predicted molar refractivity (Wildman–Crippen MR) is 99.3 cm³/mol. The number of hydrogen-bond donors (Lipinski definition) is 1. The van der Waals surface area contributed by atoms with Crippen LogP contribution in [-0.2, 0) is 0 Å². The van der Waals surface area contributed by atoms with Crippen LogP contribution in [0.2, 0.25) is 4.34 Å². The van der Waals surface area contributed by atoms with Gasteiger partial charge in [-0.25, -0.2) is 0 Å². The molecule has 1 atom stereocenters. The van der Waals surface area contributed by atoms with E-state index in [2.05, 4.69) is 54.6 Å². The zero-order valence-electron chi connectivity index (χ0n) is 13.5. The number of halogens is 2. The summed E-state index contributed by atoms with van der Waals surface area (Å²) in [5.74, 6) is 1.42. The summed E-state index contributed by atoms with van der Waals surface area (Å²) in [6.45, 7) is 11.9. The maximum absolute atomic E-state index is 6.20. The molecule has 0 aromatic carbocycles.